The Bertz CT molecular complexity index is 716. The molecule has 1 atom stereocenters. The molecular formula is C19H22ClN3O2. The molecule has 5 nitrogen and oxygen atoms in total. The van der Waals surface area contributed by atoms with Gasteiger partial charge in [0.05, 0.1) is 11.3 Å². The molecule has 3 N–H and O–H groups in total. The van der Waals surface area contributed by atoms with Crippen molar-refractivity contribution in [2.45, 2.75) is 18.9 Å². The smallest absolute Gasteiger partial charge is 0.255 e. The predicted molar refractivity (Wildman–Crippen MR) is 101 cm³/mol. The molecule has 0 aromatic heterocycles. The van der Waals surface area contributed by atoms with E-state index in [4.69, 9.17) is 0 Å². The first-order chi connectivity index (χ1) is 11.7. The Morgan fingerprint density at radius 1 is 0.960 bits per heavy atom. The van der Waals surface area contributed by atoms with E-state index in [1.165, 1.54) is 0 Å². The van der Waals surface area contributed by atoms with E-state index in [9.17, 15) is 9.59 Å². The van der Waals surface area contributed by atoms with E-state index in [0.29, 0.717) is 16.8 Å². The van der Waals surface area contributed by atoms with Crippen molar-refractivity contribution in [3.8, 4) is 0 Å². The fourth-order valence-corrected chi connectivity index (χ4v) is 2.81. The highest BCUT2D eigenvalue weighted by atomic mass is 35.5. The second-order valence-corrected chi connectivity index (χ2v) is 5.88. The van der Waals surface area contributed by atoms with E-state index < -0.39 is 0 Å². The van der Waals surface area contributed by atoms with E-state index in [1.807, 2.05) is 18.2 Å². The fraction of sp³-hybridized carbons (Fsp3) is 0.263. The van der Waals surface area contributed by atoms with Gasteiger partial charge >= 0.3 is 0 Å². The van der Waals surface area contributed by atoms with Crippen LogP contribution >= 0.6 is 12.4 Å². The standard InChI is InChI=1S/C19H21N3O2.ClH/c23-18(14-7-2-1-3-8-14)22-17-11-5-4-10-16(17)19(24)21-15-9-6-12-20-13-15;/h1-5,7-8,10-11,15,20H,6,9,12-13H2,(H,21,24)(H,22,23);1H. The summed E-state index contributed by atoms with van der Waals surface area (Å²) in [5, 5.41) is 9.14. The maximum atomic E-state index is 12.6. The Kier molecular flexibility index (Phi) is 6.98. The molecule has 2 aromatic carbocycles. The minimum Gasteiger partial charge on any atom is -0.348 e. The second-order valence-electron chi connectivity index (χ2n) is 5.88. The summed E-state index contributed by atoms with van der Waals surface area (Å²) in [4.78, 5) is 24.9. The minimum absolute atomic E-state index is 0. The molecule has 2 aromatic rings. The second kappa shape index (κ2) is 9.20. The molecule has 0 saturated carbocycles. The van der Waals surface area contributed by atoms with Gasteiger partial charge in [-0.15, -0.1) is 12.4 Å². The number of piperidine rings is 1. The molecule has 6 heteroatoms. The summed E-state index contributed by atoms with van der Waals surface area (Å²) in [5.41, 5.74) is 1.56. The Morgan fingerprint density at radius 2 is 1.68 bits per heavy atom. The van der Waals surface area contributed by atoms with Gasteiger partial charge in [0.15, 0.2) is 0 Å². The van der Waals surface area contributed by atoms with Crippen molar-refractivity contribution >= 4 is 29.9 Å². The highest BCUT2D eigenvalue weighted by Crippen LogP contribution is 2.17. The molecule has 2 amide bonds. The Labute approximate surface area is 153 Å². The monoisotopic (exact) mass is 359 g/mol. The summed E-state index contributed by atoms with van der Waals surface area (Å²) in [6.45, 7) is 1.78. The van der Waals surface area contributed by atoms with Gasteiger partial charge in [-0.3, -0.25) is 9.59 Å². The molecule has 132 valence electrons. The summed E-state index contributed by atoms with van der Waals surface area (Å²) in [5.74, 6) is -0.386. The molecule has 1 aliphatic rings. The van der Waals surface area contributed by atoms with Crippen LogP contribution in [0.3, 0.4) is 0 Å². The van der Waals surface area contributed by atoms with E-state index in [1.54, 1.807) is 36.4 Å². The van der Waals surface area contributed by atoms with Crippen molar-refractivity contribution in [3.05, 3.63) is 65.7 Å². The SMILES string of the molecule is Cl.O=C(Nc1ccccc1C(=O)NC1CCCNC1)c1ccccc1. The zero-order chi connectivity index (χ0) is 16.8. The number of amides is 2. The van der Waals surface area contributed by atoms with Crippen LogP contribution in [0.4, 0.5) is 5.69 Å². The van der Waals surface area contributed by atoms with Crippen molar-refractivity contribution < 1.29 is 9.59 Å². The van der Waals surface area contributed by atoms with Crippen LogP contribution in [0.1, 0.15) is 33.6 Å². The molecule has 1 heterocycles. The fourth-order valence-electron chi connectivity index (χ4n) is 2.81. The first-order valence-corrected chi connectivity index (χ1v) is 8.21. The average Bonchev–Trinajstić information content (AvgIpc) is 2.63. The first-order valence-electron chi connectivity index (χ1n) is 8.21. The molecular weight excluding hydrogens is 338 g/mol. The topological polar surface area (TPSA) is 70.2 Å². The summed E-state index contributed by atoms with van der Waals surface area (Å²) in [7, 11) is 0. The maximum absolute atomic E-state index is 12.6. The average molecular weight is 360 g/mol. The van der Waals surface area contributed by atoms with Crippen LogP contribution in [0, 0.1) is 0 Å². The van der Waals surface area contributed by atoms with Crippen LogP contribution in [0.2, 0.25) is 0 Å². The van der Waals surface area contributed by atoms with Crippen LogP contribution in [0.25, 0.3) is 0 Å². The number of halogens is 1. The number of rotatable bonds is 4. The Hall–Kier alpha value is -2.37. The number of hydrogen-bond donors (Lipinski definition) is 3. The Morgan fingerprint density at radius 3 is 2.40 bits per heavy atom. The number of nitrogens with one attached hydrogen (secondary N) is 3. The molecule has 1 fully saturated rings. The summed E-state index contributed by atoms with van der Waals surface area (Å²) in [6, 6.07) is 16.2. The zero-order valence-corrected chi connectivity index (χ0v) is 14.6. The number of carbonyl (C=O) groups excluding carboxylic acids is 2. The number of anilines is 1. The van der Waals surface area contributed by atoms with E-state index in [-0.39, 0.29) is 30.3 Å². The third kappa shape index (κ3) is 5.05. The summed E-state index contributed by atoms with van der Waals surface area (Å²) < 4.78 is 0. The number of hydrogen-bond acceptors (Lipinski definition) is 3. The Balaban J connectivity index is 0.00000225. The van der Waals surface area contributed by atoms with Gasteiger partial charge in [-0.25, -0.2) is 0 Å². The highest BCUT2D eigenvalue weighted by Gasteiger charge is 2.19. The number of carbonyl (C=O) groups is 2. The van der Waals surface area contributed by atoms with Gasteiger partial charge in [0, 0.05) is 18.2 Å². The van der Waals surface area contributed by atoms with Crippen LogP contribution in [-0.2, 0) is 0 Å². The molecule has 0 bridgehead atoms. The van der Waals surface area contributed by atoms with Crippen LogP contribution in [0.15, 0.2) is 54.6 Å². The molecule has 1 aliphatic heterocycles. The third-order valence-corrected chi connectivity index (χ3v) is 4.09. The number of benzene rings is 2. The van der Waals surface area contributed by atoms with Gasteiger partial charge in [-0.1, -0.05) is 30.3 Å². The van der Waals surface area contributed by atoms with Crippen LogP contribution < -0.4 is 16.0 Å². The first kappa shape index (κ1) is 19.0. The highest BCUT2D eigenvalue weighted by molar-refractivity contribution is 6.09. The molecule has 1 saturated heterocycles. The molecule has 1 unspecified atom stereocenters. The largest absolute Gasteiger partial charge is 0.348 e. The van der Waals surface area contributed by atoms with E-state index >= 15 is 0 Å². The minimum atomic E-state index is -0.227. The quantitative estimate of drug-likeness (QED) is 0.786. The van der Waals surface area contributed by atoms with E-state index in [0.717, 1.165) is 25.9 Å². The van der Waals surface area contributed by atoms with Gasteiger partial charge in [-0.05, 0) is 43.7 Å². The van der Waals surface area contributed by atoms with E-state index in [2.05, 4.69) is 16.0 Å². The van der Waals surface area contributed by atoms with Crippen LogP contribution in [0.5, 0.6) is 0 Å². The lowest BCUT2D eigenvalue weighted by atomic mass is 10.1. The molecule has 0 spiro atoms. The number of para-hydroxylation sites is 1. The van der Waals surface area contributed by atoms with Gasteiger partial charge in [0.2, 0.25) is 0 Å². The lowest BCUT2D eigenvalue weighted by Gasteiger charge is -2.24. The van der Waals surface area contributed by atoms with Gasteiger partial charge in [0.25, 0.3) is 11.8 Å². The summed E-state index contributed by atoms with van der Waals surface area (Å²) >= 11 is 0. The molecule has 3 rings (SSSR count). The van der Waals surface area contributed by atoms with Crippen molar-refractivity contribution in [3.63, 3.8) is 0 Å². The normalized spacial score (nSPS) is 16.4. The van der Waals surface area contributed by atoms with Gasteiger partial charge in [0.1, 0.15) is 0 Å². The van der Waals surface area contributed by atoms with Crippen molar-refractivity contribution in [1.29, 1.82) is 0 Å². The lowest BCUT2D eigenvalue weighted by Crippen LogP contribution is -2.45. The molecule has 25 heavy (non-hydrogen) atoms. The summed E-state index contributed by atoms with van der Waals surface area (Å²) in [6.07, 6.45) is 2.02. The van der Waals surface area contributed by atoms with Crippen LogP contribution in [-0.4, -0.2) is 30.9 Å². The van der Waals surface area contributed by atoms with Crippen molar-refractivity contribution in [2.75, 3.05) is 18.4 Å². The lowest BCUT2D eigenvalue weighted by molar-refractivity contribution is 0.0931. The van der Waals surface area contributed by atoms with Crippen molar-refractivity contribution in [1.82, 2.24) is 10.6 Å². The molecule has 0 radical (unpaired) electrons. The third-order valence-electron chi connectivity index (χ3n) is 4.09. The zero-order valence-electron chi connectivity index (χ0n) is 13.8. The maximum Gasteiger partial charge on any atom is 0.255 e. The molecule has 0 aliphatic carbocycles. The van der Waals surface area contributed by atoms with Gasteiger partial charge < -0.3 is 16.0 Å². The van der Waals surface area contributed by atoms with Crippen molar-refractivity contribution in [2.24, 2.45) is 0 Å². The van der Waals surface area contributed by atoms with Gasteiger partial charge in [-0.2, -0.15) is 0 Å². The predicted octanol–water partition coefficient (Wildman–Crippen LogP) is 2.84.